The SMILES string of the molecule is COc1ccc(CN2C(C)=CC(O)=C(Cl)C2O)cc1. The monoisotopic (exact) mass is 281 g/mol. The van der Waals surface area contributed by atoms with Gasteiger partial charge in [0, 0.05) is 18.3 Å². The van der Waals surface area contributed by atoms with Crippen LogP contribution < -0.4 is 4.74 Å². The number of allylic oxidation sites excluding steroid dienone is 2. The average molecular weight is 282 g/mol. The summed E-state index contributed by atoms with van der Waals surface area (Å²) in [5.41, 5.74) is 1.77. The summed E-state index contributed by atoms with van der Waals surface area (Å²) in [4.78, 5) is 1.71. The third-order valence-corrected chi connectivity index (χ3v) is 3.47. The molecule has 0 saturated heterocycles. The Kier molecular flexibility index (Phi) is 4.02. The topological polar surface area (TPSA) is 52.9 Å². The molecule has 0 saturated carbocycles. The van der Waals surface area contributed by atoms with Crippen LogP contribution in [0.25, 0.3) is 0 Å². The number of methoxy groups -OCH3 is 1. The summed E-state index contributed by atoms with van der Waals surface area (Å²) in [5, 5.41) is 19.6. The van der Waals surface area contributed by atoms with Gasteiger partial charge in [0.05, 0.1) is 7.11 Å². The van der Waals surface area contributed by atoms with Gasteiger partial charge in [0.25, 0.3) is 0 Å². The number of nitrogens with zero attached hydrogens (tertiary/aromatic N) is 1. The van der Waals surface area contributed by atoms with Crippen LogP contribution in [0.2, 0.25) is 0 Å². The smallest absolute Gasteiger partial charge is 0.167 e. The van der Waals surface area contributed by atoms with Crippen molar-refractivity contribution in [1.82, 2.24) is 4.90 Å². The summed E-state index contributed by atoms with van der Waals surface area (Å²) in [6.07, 6.45) is 0.521. The fourth-order valence-corrected chi connectivity index (χ4v) is 2.12. The van der Waals surface area contributed by atoms with Gasteiger partial charge in [0.2, 0.25) is 0 Å². The van der Waals surface area contributed by atoms with E-state index in [0.717, 1.165) is 17.0 Å². The second-order valence-electron chi connectivity index (χ2n) is 4.37. The Morgan fingerprint density at radius 3 is 2.53 bits per heavy atom. The van der Waals surface area contributed by atoms with Crippen LogP contribution in [0.1, 0.15) is 12.5 Å². The highest BCUT2D eigenvalue weighted by molar-refractivity contribution is 6.30. The van der Waals surface area contributed by atoms with E-state index in [2.05, 4.69) is 0 Å². The van der Waals surface area contributed by atoms with Crippen molar-refractivity contribution in [1.29, 1.82) is 0 Å². The van der Waals surface area contributed by atoms with Crippen LogP contribution in [-0.2, 0) is 6.54 Å². The van der Waals surface area contributed by atoms with Gasteiger partial charge in [-0.3, -0.25) is 0 Å². The van der Waals surface area contributed by atoms with Crippen molar-refractivity contribution in [2.75, 3.05) is 7.11 Å². The molecular formula is C14H16ClNO3. The Morgan fingerprint density at radius 2 is 1.95 bits per heavy atom. The van der Waals surface area contributed by atoms with Gasteiger partial charge >= 0.3 is 0 Å². The van der Waals surface area contributed by atoms with Crippen LogP contribution >= 0.6 is 11.6 Å². The number of hydrogen-bond donors (Lipinski definition) is 2. The summed E-state index contributed by atoms with van der Waals surface area (Å²) in [6.45, 7) is 2.31. The maximum Gasteiger partial charge on any atom is 0.167 e. The van der Waals surface area contributed by atoms with Crippen molar-refractivity contribution < 1.29 is 14.9 Å². The van der Waals surface area contributed by atoms with Crippen molar-refractivity contribution in [2.24, 2.45) is 0 Å². The van der Waals surface area contributed by atoms with Crippen LogP contribution in [0.5, 0.6) is 5.75 Å². The second-order valence-corrected chi connectivity index (χ2v) is 4.78. The van der Waals surface area contributed by atoms with Gasteiger partial charge in [0.1, 0.15) is 16.5 Å². The standard InChI is InChI=1S/C14H16ClNO3/c1-9-7-12(17)13(15)14(18)16(9)8-10-3-5-11(19-2)6-4-10/h3-7,14,17-18H,8H2,1-2H3. The van der Waals surface area contributed by atoms with E-state index in [4.69, 9.17) is 16.3 Å². The van der Waals surface area contributed by atoms with E-state index >= 15 is 0 Å². The lowest BCUT2D eigenvalue weighted by Crippen LogP contribution is -2.36. The quantitative estimate of drug-likeness (QED) is 0.894. The summed E-state index contributed by atoms with van der Waals surface area (Å²) < 4.78 is 5.10. The number of rotatable bonds is 3. The molecule has 102 valence electrons. The third kappa shape index (κ3) is 2.85. The molecule has 19 heavy (non-hydrogen) atoms. The van der Waals surface area contributed by atoms with Gasteiger partial charge in [0.15, 0.2) is 6.23 Å². The minimum absolute atomic E-state index is 0.0408. The Morgan fingerprint density at radius 1 is 1.32 bits per heavy atom. The molecule has 2 N–H and O–H groups in total. The lowest BCUT2D eigenvalue weighted by atomic mass is 10.1. The highest BCUT2D eigenvalue weighted by Crippen LogP contribution is 2.28. The van der Waals surface area contributed by atoms with Gasteiger partial charge in [-0.15, -0.1) is 0 Å². The fraction of sp³-hybridized carbons (Fsp3) is 0.286. The predicted octanol–water partition coefficient (Wildman–Crippen LogP) is 2.74. The molecule has 0 bridgehead atoms. The molecule has 0 fully saturated rings. The first-order valence-electron chi connectivity index (χ1n) is 5.87. The minimum Gasteiger partial charge on any atom is -0.506 e. The van der Waals surface area contributed by atoms with E-state index in [1.807, 2.05) is 31.2 Å². The summed E-state index contributed by atoms with van der Waals surface area (Å²) in [6, 6.07) is 7.56. The highest BCUT2D eigenvalue weighted by atomic mass is 35.5. The van der Waals surface area contributed by atoms with Gasteiger partial charge in [-0.1, -0.05) is 23.7 Å². The lowest BCUT2D eigenvalue weighted by Gasteiger charge is -2.33. The maximum absolute atomic E-state index is 10.1. The molecule has 1 aromatic rings. The van der Waals surface area contributed by atoms with Gasteiger partial charge in [-0.2, -0.15) is 0 Å². The number of aliphatic hydroxyl groups excluding tert-OH is 2. The first kappa shape index (κ1) is 13.8. The molecule has 1 unspecified atom stereocenters. The largest absolute Gasteiger partial charge is 0.506 e. The van der Waals surface area contributed by atoms with Gasteiger partial charge < -0.3 is 19.8 Å². The second kappa shape index (κ2) is 5.55. The van der Waals surface area contributed by atoms with Crippen molar-refractivity contribution in [3.8, 4) is 5.75 Å². The predicted molar refractivity (Wildman–Crippen MR) is 73.8 cm³/mol. The summed E-state index contributed by atoms with van der Waals surface area (Å²) in [5.74, 6) is 0.698. The Bertz CT molecular complexity index is 522. The first-order valence-corrected chi connectivity index (χ1v) is 6.25. The first-order chi connectivity index (χ1) is 9.02. The van der Waals surface area contributed by atoms with Gasteiger partial charge in [-0.05, 0) is 24.6 Å². The van der Waals surface area contributed by atoms with E-state index in [9.17, 15) is 10.2 Å². The molecule has 0 aliphatic carbocycles. The van der Waals surface area contributed by atoms with Gasteiger partial charge in [-0.25, -0.2) is 0 Å². The fourth-order valence-electron chi connectivity index (χ4n) is 1.95. The third-order valence-electron chi connectivity index (χ3n) is 3.08. The van der Waals surface area contributed by atoms with E-state index in [1.54, 1.807) is 18.1 Å². The molecule has 0 radical (unpaired) electrons. The van der Waals surface area contributed by atoms with Crippen molar-refractivity contribution in [2.45, 2.75) is 19.7 Å². The zero-order valence-electron chi connectivity index (χ0n) is 10.8. The maximum atomic E-state index is 10.1. The van der Waals surface area contributed by atoms with E-state index in [-0.39, 0.29) is 10.8 Å². The Labute approximate surface area is 117 Å². The molecule has 2 rings (SSSR count). The van der Waals surface area contributed by atoms with E-state index in [0.29, 0.717) is 6.54 Å². The van der Waals surface area contributed by atoms with Crippen LogP contribution in [0, 0.1) is 0 Å². The van der Waals surface area contributed by atoms with Crippen molar-refractivity contribution >= 4 is 11.6 Å². The molecule has 1 aliphatic heterocycles. The molecule has 5 heteroatoms. The van der Waals surface area contributed by atoms with E-state index < -0.39 is 6.23 Å². The zero-order valence-corrected chi connectivity index (χ0v) is 11.6. The van der Waals surface area contributed by atoms with Crippen LogP contribution in [0.3, 0.4) is 0 Å². The van der Waals surface area contributed by atoms with Crippen LogP contribution in [0.15, 0.2) is 46.8 Å². The van der Waals surface area contributed by atoms with Crippen molar-refractivity contribution in [3.05, 3.63) is 52.4 Å². The molecule has 1 atom stereocenters. The van der Waals surface area contributed by atoms with Crippen LogP contribution in [0.4, 0.5) is 0 Å². The number of aliphatic hydroxyl groups is 2. The molecule has 0 amide bonds. The van der Waals surface area contributed by atoms with E-state index in [1.165, 1.54) is 0 Å². The number of benzene rings is 1. The molecule has 0 spiro atoms. The van der Waals surface area contributed by atoms with Crippen LogP contribution in [-0.4, -0.2) is 28.5 Å². The number of ether oxygens (including phenoxy) is 1. The normalized spacial score (nSPS) is 19.5. The zero-order chi connectivity index (χ0) is 14.0. The number of hydrogen-bond acceptors (Lipinski definition) is 4. The highest BCUT2D eigenvalue weighted by Gasteiger charge is 2.26. The van der Waals surface area contributed by atoms with Crippen molar-refractivity contribution in [3.63, 3.8) is 0 Å². The molecular weight excluding hydrogens is 266 g/mol. The molecule has 4 nitrogen and oxygen atoms in total. The molecule has 0 aromatic heterocycles. The number of halogens is 1. The molecule has 1 aliphatic rings. The average Bonchev–Trinajstić information content (AvgIpc) is 2.42. The minimum atomic E-state index is -1.02. The molecule has 1 heterocycles. The molecule has 1 aromatic carbocycles. The summed E-state index contributed by atoms with van der Waals surface area (Å²) >= 11 is 5.86. The Balaban J connectivity index is 2.17. The Hall–Kier alpha value is -1.65. The summed E-state index contributed by atoms with van der Waals surface area (Å²) in [7, 11) is 1.61. The lowest BCUT2D eigenvalue weighted by molar-refractivity contribution is 0.0526.